The summed E-state index contributed by atoms with van der Waals surface area (Å²) in [5.74, 6) is -1.32. The van der Waals surface area contributed by atoms with Gasteiger partial charge in [-0.1, -0.05) is 36.4 Å². The van der Waals surface area contributed by atoms with Gasteiger partial charge in [0.25, 0.3) is 5.91 Å². The van der Waals surface area contributed by atoms with E-state index >= 15 is 0 Å². The topological polar surface area (TPSA) is 76.0 Å². The average Bonchev–Trinajstić information content (AvgIpc) is 3.15. The van der Waals surface area contributed by atoms with Crippen molar-refractivity contribution in [1.29, 1.82) is 0 Å². The molecule has 150 valence electrons. The van der Waals surface area contributed by atoms with Crippen molar-refractivity contribution in [2.45, 2.75) is 12.6 Å². The maximum atomic E-state index is 13.3. The zero-order valence-corrected chi connectivity index (χ0v) is 15.1. The Kier molecular flexibility index (Phi) is 5.96. The highest BCUT2D eigenvalue weighted by atomic mass is 19.4. The first-order valence-electron chi connectivity index (χ1n) is 8.70. The molecule has 0 fully saturated rings. The van der Waals surface area contributed by atoms with Crippen LogP contribution in [0.15, 0.2) is 66.9 Å². The van der Waals surface area contributed by atoms with Crippen LogP contribution < -0.4 is 10.6 Å². The van der Waals surface area contributed by atoms with Crippen molar-refractivity contribution in [3.05, 3.63) is 78.1 Å². The molecule has 0 spiro atoms. The van der Waals surface area contributed by atoms with Crippen LogP contribution in [0.25, 0.3) is 5.69 Å². The molecule has 6 nitrogen and oxygen atoms in total. The monoisotopic (exact) mass is 402 g/mol. The predicted molar refractivity (Wildman–Crippen MR) is 101 cm³/mol. The van der Waals surface area contributed by atoms with Crippen molar-refractivity contribution < 1.29 is 22.8 Å². The van der Waals surface area contributed by atoms with Crippen LogP contribution in [0.4, 0.5) is 18.9 Å². The number of amides is 2. The number of para-hydroxylation sites is 2. The Labute approximate surface area is 164 Å². The van der Waals surface area contributed by atoms with Crippen molar-refractivity contribution in [1.82, 2.24) is 15.1 Å². The fraction of sp³-hybridized carbons (Fsp3) is 0.150. The van der Waals surface area contributed by atoms with E-state index in [1.807, 2.05) is 0 Å². The smallest absolute Gasteiger partial charge is 0.351 e. The summed E-state index contributed by atoms with van der Waals surface area (Å²) in [5, 5.41) is 8.49. The van der Waals surface area contributed by atoms with E-state index in [4.69, 9.17) is 0 Å². The van der Waals surface area contributed by atoms with E-state index in [1.165, 1.54) is 0 Å². The SMILES string of the molecule is O=C(CCNC(=O)c1cn(-c2ccccc2)nc1C(F)(F)F)Nc1ccccc1. The largest absolute Gasteiger partial charge is 0.435 e. The first-order valence-corrected chi connectivity index (χ1v) is 8.70. The summed E-state index contributed by atoms with van der Waals surface area (Å²) < 4.78 is 40.9. The maximum Gasteiger partial charge on any atom is 0.435 e. The van der Waals surface area contributed by atoms with E-state index in [0.717, 1.165) is 10.9 Å². The lowest BCUT2D eigenvalue weighted by Crippen LogP contribution is -2.29. The Bertz CT molecular complexity index is 986. The van der Waals surface area contributed by atoms with Crippen molar-refractivity contribution in [3.8, 4) is 5.69 Å². The third-order valence-corrected chi connectivity index (χ3v) is 3.94. The molecule has 29 heavy (non-hydrogen) atoms. The molecule has 2 aromatic carbocycles. The summed E-state index contributed by atoms with van der Waals surface area (Å²) in [5.41, 5.74) is -0.913. The lowest BCUT2D eigenvalue weighted by Gasteiger charge is -2.08. The Balaban J connectivity index is 1.67. The second-order valence-corrected chi connectivity index (χ2v) is 6.09. The van der Waals surface area contributed by atoms with Crippen LogP contribution in [0.5, 0.6) is 0 Å². The summed E-state index contributed by atoms with van der Waals surface area (Å²) in [6.45, 7) is -0.120. The summed E-state index contributed by atoms with van der Waals surface area (Å²) in [7, 11) is 0. The molecule has 0 aliphatic carbocycles. The van der Waals surface area contributed by atoms with E-state index in [-0.39, 0.29) is 18.9 Å². The second kappa shape index (κ2) is 8.59. The highest BCUT2D eigenvalue weighted by Gasteiger charge is 2.39. The molecule has 0 unspecified atom stereocenters. The number of hydrogen-bond acceptors (Lipinski definition) is 3. The number of nitrogens with zero attached hydrogens (tertiary/aromatic N) is 2. The van der Waals surface area contributed by atoms with Gasteiger partial charge in [0.15, 0.2) is 5.69 Å². The zero-order valence-electron chi connectivity index (χ0n) is 15.1. The number of hydrogen-bond donors (Lipinski definition) is 2. The van der Waals surface area contributed by atoms with E-state index < -0.39 is 23.3 Å². The summed E-state index contributed by atoms with van der Waals surface area (Å²) in [6.07, 6.45) is -3.86. The third kappa shape index (κ3) is 5.22. The summed E-state index contributed by atoms with van der Waals surface area (Å²) in [4.78, 5) is 24.2. The van der Waals surface area contributed by atoms with Crippen LogP contribution in [0.2, 0.25) is 0 Å². The zero-order chi connectivity index (χ0) is 20.9. The normalized spacial score (nSPS) is 11.1. The highest BCUT2D eigenvalue weighted by Crippen LogP contribution is 2.31. The van der Waals surface area contributed by atoms with Crippen LogP contribution in [-0.2, 0) is 11.0 Å². The summed E-state index contributed by atoms with van der Waals surface area (Å²) >= 11 is 0. The molecular weight excluding hydrogens is 385 g/mol. The van der Waals surface area contributed by atoms with Gasteiger partial charge in [0.05, 0.1) is 11.3 Å². The molecule has 2 N–H and O–H groups in total. The van der Waals surface area contributed by atoms with Crippen molar-refractivity contribution in [2.24, 2.45) is 0 Å². The van der Waals surface area contributed by atoms with Gasteiger partial charge < -0.3 is 10.6 Å². The van der Waals surface area contributed by atoms with Crippen LogP contribution in [0.1, 0.15) is 22.5 Å². The molecule has 2 amide bonds. The van der Waals surface area contributed by atoms with Gasteiger partial charge >= 0.3 is 6.18 Å². The first kappa shape index (κ1) is 20.1. The Hall–Kier alpha value is -3.62. The Morgan fingerprint density at radius 1 is 0.966 bits per heavy atom. The number of carbonyl (C=O) groups is 2. The van der Waals surface area contributed by atoms with Crippen molar-refractivity contribution in [2.75, 3.05) is 11.9 Å². The van der Waals surface area contributed by atoms with E-state index in [1.54, 1.807) is 60.7 Å². The molecule has 3 rings (SSSR count). The summed E-state index contributed by atoms with van der Waals surface area (Å²) in [6, 6.07) is 16.8. The number of nitrogens with one attached hydrogen (secondary N) is 2. The number of halogens is 3. The van der Waals surface area contributed by atoms with Gasteiger partial charge in [-0.3, -0.25) is 9.59 Å². The van der Waals surface area contributed by atoms with Crippen molar-refractivity contribution >= 4 is 17.5 Å². The minimum absolute atomic E-state index is 0.0885. The second-order valence-electron chi connectivity index (χ2n) is 6.09. The maximum absolute atomic E-state index is 13.3. The minimum atomic E-state index is -4.79. The standard InChI is InChI=1S/C20H17F3N4O2/c21-20(22,23)18-16(13-27(26-18)15-9-5-2-6-10-15)19(29)24-12-11-17(28)25-14-7-3-1-4-8-14/h1-10,13H,11-12H2,(H,24,29)(H,25,28). The molecule has 0 aliphatic rings. The van der Waals surface area contributed by atoms with Gasteiger partial charge in [-0.25, -0.2) is 4.68 Å². The molecule has 0 atom stereocenters. The van der Waals surface area contributed by atoms with Crippen LogP contribution in [0.3, 0.4) is 0 Å². The number of alkyl halides is 3. The molecule has 1 aromatic heterocycles. The lowest BCUT2D eigenvalue weighted by atomic mass is 10.2. The van der Waals surface area contributed by atoms with E-state index in [2.05, 4.69) is 15.7 Å². The fourth-order valence-corrected chi connectivity index (χ4v) is 2.59. The van der Waals surface area contributed by atoms with E-state index in [0.29, 0.717) is 11.4 Å². The van der Waals surface area contributed by atoms with Gasteiger partial charge in [-0.2, -0.15) is 18.3 Å². The number of aromatic nitrogens is 2. The molecular formula is C20H17F3N4O2. The Morgan fingerprint density at radius 3 is 2.21 bits per heavy atom. The number of rotatable bonds is 6. The molecule has 0 saturated heterocycles. The number of benzene rings is 2. The Morgan fingerprint density at radius 2 is 1.59 bits per heavy atom. The molecule has 0 aliphatic heterocycles. The molecule has 0 bridgehead atoms. The van der Waals surface area contributed by atoms with Crippen LogP contribution >= 0.6 is 0 Å². The highest BCUT2D eigenvalue weighted by molar-refractivity contribution is 5.96. The number of carbonyl (C=O) groups excluding carboxylic acids is 2. The van der Waals surface area contributed by atoms with Crippen LogP contribution in [-0.4, -0.2) is 28.1 Å². The minimum Gasteiger partial charge on any atom is -0.351 e. The number of anilines is 1. The molecule has 3 aromatic rings. The molecule has 0 radical (unpaired) electrons. The van der Waals surface area contributed by atoms with Gasteiger partial charge in [0.2, 0.25) is 5.91 Å². The molecule has 1 heterocycles. The van der Waals surface area contributed by atoms with Gasteiger partial charge in [0.1, 0.15) is 0 Å². The lowest BCUT2D eigenvalue weighted by molar-refractivity contribution is -0.141. The van der Waals surface area contributed by atoms with Crippen molar-refractivity contribution in [3.63, 3.8) is 0 Å². The van der Waals surface area contributed by atoms with Crippen LogP contribution in [0, 0.1) is 0 Å². The van der Waals surface area contributed by atoms with Gasteiger partial charge in [0, 0.05) is 24.8 Å². The third-order valence-electron chi connectivity index (χ3n) is 3.94. The first-order chi connectivity index (χ1) is 13.8. The molecule has 0 saturated carbocycles. The quantitative estimate of drug-likeness (QED) is 0.661. The average molecular weight is 402 g/mol. The molecule has 9 heteroatoms. The fourth-order valence-electron chi connectivity index (χ4n) is 2.59. The van der Waals surface area contributed by atoms with Gasteiger partial charge in [-0.05, 0) is 24.3 Å². The van der Waals surface area contributed by atoms with Gasteiger partial charge in [-0.15, -0.1) is 0 Å². The predicted octanol–water partition coefficient (Wildman–Crippen LogP) is 3.65. The van der Waals surface area contributed by atoms with E-state index in [9.17, 15) is 22.8 Å².